The summed E-state index contributed by atoms with van der Waals surface area (Å²) >= 11 is 0. The maximum absolute atomic E-state index is 13.0. The molecule has 0 radical (unpaired) electrons. The first kappa shape index (κ1) is 15.4. The Bertz CT molecular complexity index is 768. The van der Waals surface area contributed by atoms with Gasteiger partial charge in [0, 0.05) is 18.7 Å². The number of nitrogens with zero attached hydrogens (tertiary/aromatic N) is 2. The van der Waals surface area contributed by atoms with Crippen molar-refractivity contribution >= 4 is 5.91 Å². The maximum atomic E-state index is 13.0. The number of rotatable bonds is 5. The molecule has 23 heavy (non-hydrogen) atoms. The van der Waals surface area contributed by atoms with Gasteiger partial charge in [0.2, 0.25) is 0 Å². The molecular formula is C16H17FN4O2. The van der Waals surface area contributed by atoms with Crippen LogP contribution >= 0.6 is 0 Å². The van der Waals surface area contributed by atoms with Crippen molar-refractivity contribution in [3.8, 4) is 5.69 Å². The second-order valence-electron chi connectivity index (χ2n) is 5.60. The van der Waals surface area contributed by atoms with Crippen LogP contribution in [0.3, 0.4) is 0 Å². The van der Waals surface area contributed by atoms with Crippen LogP contribution in [0.5, 0.6) is 0 Å². The van der Waals surface area contributed by atoms with Crippen LogP contribution in [0, 0.1) is 11.7 Å². The van der Waals surface area contributed by atoms with E-state index in [0.29, 0.717) is 18.2 Å². The fourth-order valence-electron chi connectivity index (χ4n) is 2.41. The van der Waals surface area contributed by atoms with Gasteiger partial charge in [0.25, 0.3) is 11.5 Å². The van der Waals surface area contributed by atoms with Crippen molar-refractivity contribution in [1.29, 1.82) is 0 Å². The topological polar surface area (TPSA) is 90.0 Å². The summed E-state index contributed by atoms with van der Waals surface area (Å²) in [5, 5.41) is 6.92. The molecule has 1 unspecified atom stereocenters. The van der Waals surface area contributed by atoms with E-state index >= 15 is 0 Å². The number of benzene rings is 1. The van der Waals surface area contributed by atoms with Crippen molar-refractivity contribution in [3.63, 3.8) is 0 Å². The lowest BCUT2D eigenvalue weighted by Gasteiger charge is -2.15. The molecule has 1 fully saturated rings. The van der Waals surface area contributed by atoms with Crippen LogP contribution in [0.25, 0.3) is 5.69 Å². The highest BCUT2D eigenvalue weighted by molar-refractivity contribution is 5.92. The third-order valence-corrected chi connectivity index (χ3v) is 3.87. The highest BCUT2D eigenvalue weighted by atomic mass is 19.1. The van der Waals surface area contributed by atoms with Crippen LogP contribution in [0.2, 0.25) is 0 Å². The summed E-state index contributed by atoms with van der Waals surface area (Å²) in [6.45, 7) is 0.369. The average molecular weight is 316 g/mol. The van der Waals surface area contributed by atoms with Gasteiger partial charge >= 0.3 is 0 Å². The third-order valence-electron chi connectivity index (χ3n) is 3.87. The van der Waals surface area contributed by atoms with Gasteiger partial charge in [-0.1, -0.05) is 0 Å². The quantitative estimate of drug-likeness (QED) is 0.855. The molecule has 3 N–H and O–H groups in total. The van der Waals surface area contributed by atoms with Crippen LogP contribution in [0.4, 0.5) is 4.39 Å². The average Bonchev–Trinajstić information content (AvgIpc) is 3.38. The van der Waals surface area contributed by atoms with Crippen LogP contribution in [-0.4, -0.2) is 28.3 Å². The molecule has 1 aromatic heterocycles. The van der Waals surface area contributed by atoms with Gasteiger partial charge in [0.15, 0.2) is 0 Å². The van der Waals surface area contributed by atoms with Gasteiger partial charge in [-0.05, 0) is 49.1 Å². The van der Waals surface area contributed by atoms with Gasteiger partial charge in [-0.2, -0.15) is 9.78 Å². The number of amides is 1. The van der Waals surface area contributed by atoms with E-state index in [1.807, 2.05) is 0 Å². The molecule has 7 heteroatoms. The molecule has 1 aromatic carbocycles. The van der Waals surface area contributed by atoms with E-state index in [2.05, 4.69) is 10.4 Å². The first-order valence-corrected chi connectivity index (χ1v) is 7.46. The molecule has 1 aliphatic carbocycles. The Hall–Kier alpha value is -2.54. The van der Waals surface area contributed by atoms with E-state index in [9.17, 15) is 14.0 Å². The van der Waals surface area contributed by atoms with Crippen LogP contribution in [-0.2, 0) is 0 Å². The van der Waals surface area contributed by atoms with Crippen molar-refractivity contribution in [2.75, 3.05) is 6.54 Å². The van der Waals surface area contributed by atoms with Gasteiger partial charge in [0.1, 0.15) is 11.5 Å². The Labute approximate surface area is 132 Å². The number of halogens is 1. The van der Waals surface area contributed by atoms with E-state index in [1.54, 1.807) is 0 Å². The highest BCUT2D eigenvalue weighted by Gasteiger charge is 2.31. The molecule has 2 aromatic rings. The largest absolute Gasteiger partial charge is 0.346 e. The van der Waals surface area contributed by atoms with Gasteiger partial charge < -0.3 is 11.1 Å². The first-order valence-electron chi connectivity index (χ1n) is 7.46. The molecule has 1 atom stereocenters. The van der Waals surface area contributed by atoms with E-state index in [1.165, 1.54) is 36.4 Å². The Morgan fingerprint density at radius 1 is 1.30 bits per heavy atom. The fraction of sp³-hybridized carbons (Fsp3) is 0.312. The van der Waals surface area contributed by atoms with Gasteiger partial charge in [-0.25, -0.2) is 4.39 Å². The molecule has 1 aliphatic rings. The lowest BCUT2D eigenvalue weighted by Crippen LogP contribution is -2.42. The highest BCUT2D eigenvalue weighted by Crippen LogP contribution is 2.32. The molecule has 1 amide bonds. The fourth-order valence-corrected chi connectivity index (χ4v) is 2.41. The standard InChI is InChI=1S/C16H17FN4O2/c17-11-3-5-12(6-4-11)21-15(22)8-7-13(20-21)16(23)19-14(9-18)10-1-2-10/h3-8,10,14H,1-2,9,18H2,(H,19,23). The maximum Gasteiger partial charge on any atom is 0.272 e. The minimum Gasteiger partial charge on any atom is -0.346 e. The number of carbonyl (C=O) groups is 1. The summed E-state index contributed by atoms with van der Waals surface area (Å²) < 4.78 is 14.1. The van der Waals surface area contributed by atoms with E-state index in [0.717, 1.165) is 17.5 Å². The first-order chi connectivity index (χ1) is 11.1. The molecule has 0 saturated heterocycles. The molecular weight excluding hydrogens is 299 g/mol. The molecule has 0 aliphatic heterocycles. The predicted molar refractivity (Wildman–Crippen MR) is 82.8 cm³/mol. The number of nitrogens with two attached hydrogens (primary N) is 1. The summed E-state index contributed by atoms with van der Waals surface area (Å²) in [5.41, 5.74) is 5.79. The number of hydrogen-bond acceptors (Lipinski definition) is 4. The molecule has 120 valence electrons. The van der Waals surface area contributed by atoms with E-state index in [-0.39, 0.29) is 17.6 Å². The van der Waals surface area contributed by atoms with Gasteiger partial charge in [-0.3, -0.25) is 9.59 Å². The summed E-state index contributed by atoms with van der Waals surface area (Å²) in [4.78, 5) is 24.2. The Balaban J connectivity index is 1.86. The van der Waals surface area contributed by atoms with E-state index < -0.39 is 11.4 Å². The summed E-state index contributed by atoms with van der Waals surface area (Å²) in [5.74, 6) is -0.360. The van der Waals surface area contributed by atoms with Crippen molar-refractivity contribution in [2.45, 2.75) is 18.9 Å². The third kappa shape index (κ3) is 3.45. The molecule has 3 rings (SSSR count). The number of aromatic nitrogens is 2. The zero-order valence-corrected chi connectivity index (χ0v) is 12.4. The van der Waals surface area contributed by atoms with Gasteiger partial charge in [0.05, 0.1) is 5.69 Å². The summed E-state index contributed by atoms with van der Waals surface area (Å²) in [6, 6.07) is 7.88. The lowest BCUT2D eigenvalue weighted by molar-refractivity contribution is 0.0926. The van der Waals surface area contributed by atoms with E-state index in [4.69, 9.17) is 5.73 Å². The van der Waals surface area contributed by atoms with Crippen LogP contribution in [0.15, 0.2) is 41.2 Å². The Morgan fingerprint density at radius 3 is 2.61 bits per heavy atom. The monoisotopic (exact) mass is 316 g/mol. The molecule has 0 bridgehead atoms. The van der Waals surface area contributed by atoms with Crippen LogP contribution in [0.1, 0.15) is 23.3 Å². The molecule has 1 heterocycles. The second-order valence-corrected chi connectivity index (χ2v) is 5.60. The summed E-state index contributed by atoms with van der Waals surface area (Å²) in [6.07, 6.45) is 2.12. The normalized spacial score (nSPS) is 15.2. The summed E-state index contributed by atoms with van der Waals surface area (Å²) in [7, 11) is 0. The number of hydrogen-bond donors (Lipinski definition) is 2. The van der Waals surface area contributed by atoms with Crippen molar-refractivity contribution in [3.05, 3.63) is 58.3 Å². The lowest BCUT2D eigenvalue weighted by atomic mass is 10.2. The van der Waals surface area contributed by atoms with Crippen molar-refractivity contribution in [1.82, 2.24) is 15.1 Å². The molecule has 6 nitrogen and oxygen atoms in total. The van der Waals surface area contributed by atoms with Crippen LogP contribution < -0.4 is 16.6 Å². The Kier molecular flexibility index (Phi) is 4.20. The zero-order chi connectivity index (χ0) is 16.4. The number of nitrogens with one attached hydrogen (secondary N) is 1. The molecule has 0 spiro atoms. The minimum atomic E-state index is -0.411. The smallest absolute Gasteiger partial charge is 0.272 e. The second kappa shape index (κ2) is 6.29. The van der Waals surface area contributed by atoms with Gasteiger partial charge in [-0.15, -0.1) is 0 Å². The Morgan fingerprint density at radius 2 is 2.00 bits per heavy atom. The molecule has 1 saturated carbocycles. The predicted octanol–water partition coefficient (Wildman–Crippen LogP) is 0.839. The van der Waals surface area contributed by atoms with Crippen molar-refractivity contribution in [2.24, 2.45) is 11.7 Å². The zero-order valence-electron chi connectivity index (χ0n) is 12.4. The van der Waals surface area contributed by atoms with Crippen molar-refractivity contribution < 1.29 is 9.18 Å². The minimum absolute atomic E-state index is 0.0736. The number of carbonyl (C=O) groups excluding carboxylic acids is 1. The SMILES string of the molecule is NCC(NC(=O)c1ccc(=O)n(-c2ccc(F)cc2)n1)C1CC1.